The van der Waals surface area contributed by atoms with Crippen LogP contribution in [0.1, 0.15) is 86.1 Å². The molecule has 2 heteroatoms. The Kier molecular flexibility index (Phi) is 9.92. The Bertz CT molecular complexity index is 3320. The molecular formula is C63H62N2. The highest BCUT2D eigenvalue weighted by molar-refractivity contribution is 6.23. The van der Waals surface area contributed by atoms with Gasteiger partial charge in [0.2, 0.25) is 0 Å². The monoisotopic (exact) mass is 846 g/mol. The third-order valence-electron chi connectivity index (χ3n) is 14.6. The maximum atomic E-state index is 2.62. The average molecular weight is 847 g/mol. The second-order valence-corrected chi connectivity index (χ2v) is 21.1. The smallest absolute Gasteiger partial charge is 0.0543 e. The summed E-state index contributed by atoms with van der Waals surface area (Å²) < 4.78 is 0. The van der Waals surface area contributed by atoms with Crippen molar-refractivity contribution in [3.8, 4) is 11.1 Å². The standard InChI is InChI=1S/C63H62N2/c1-39-23-29-45(30-24-39)64(55-35-41(3)21-27-43(55)5)47-33-34-52-53(37-47)48-17-13-15-19-50(48)59-58-51-20-16-14-18-49(51)57(38-54(58)63(60(52)59,61(7,8)9)62(10,11)12)65(46-31-25-40(2)26-32-46)56-36-42(4)22-28-44(56)6/h13-38H,1-12H3. The number of hydrogen-bond donors (Lipinski definition) is 0. The van der Waals surface area contributed by atoms with E-state index in [-0.39, 0.29) is 10.8 Å². The molecule has 0 N–H and O–H groups in total. The quantitative estimate of drug-likeness (QED) is 0.154. The van der Waals surface area contributed by atoms with E-state index in [0.717, 1.165) is 17.1 Å². The molecule has 0 amide bonds. The summed E-state index contributed by atoms with van der Waals surface area (Å²) in [7, 11) is 0. The Balaban J connectivity index is 1.36. The largest absolute Gasteiger partial charge is 0.310 e. The zero-order valence-corrected chi connectivity index (χ0v) is 40.4. The predicted octanol–water partition coefficient (Wildman–Crippen LogP) is 18.3. The summed E-state index contributed by atoms with van der Waals surface area (Å²) in [4.78, 5) is 5.00. The van der Waals surface area contributed by atoms with Gasteiger partial charge in [-0.1, -0.05) is 156 Å². The zero-order chi connectivity index (χ0) is 45.7. The topological polar surface area (TPSA) is 6.48 Å². The second kappa shape index (κ2) is 15.2. The Morgan fingerprint density at radius 2 is 0.785 bits per heavy atom. The van der Waals surface area contributed by atoms with Crippen LogP contribution in [-0.4, -0.2) is 0 Å². The minimum atomic E-state index is -0.419. The van der Waals surface area contributed by atoms with Gasteiger partial charge in [0, 0.05) is 39.2 Å². The molecule has 0 unspecified atom stereocenters. The first-order valence-electron chi connectivity index (χ1n) is 23.4. The van der Waals surface area contributed by atoms with Gasteiger partial charge in [0.05, 0.1) is 5.69 Å². The number of anilines is 6. The van der Waals surface area contributed by atoms with Crippen molar-refractivity contribution >= 4 is 66.4 Å². The summed E-state index contributed by atoms with van der Waals surface area (Å²) in [6, 6.07) is 60.2. The molecule has 10 rings (SSSR count). The minimum absolute atomic E-state index is 0.209. The molecule has 9 aromatic carbocycles. The van der Waals surface area contributed by atoms with Gasteiger partial charge in [0.15, 0.2) is 0 Å². The van der Waals surface area contributed by atoms with Crippen LogP contribution in [-0.2, 0) is 5.41 Å². The maximum Gasteiger partial charge on any atom is 0.0543 e. The lowest BCUT2D eigenvalue weighted by molar-refractivity contribution is 0.0965. The van der Waals surface area contributed by atoms with Gasteiger partial charge in [0.1, 0.15) is 0 Å². The van der Waals surface area contributed by atoms with Crippen LogP contribution in [0.2, 0.25) is 0 Å². The molecule has 0 heterocycles. The molecule has 0 fully saturated rings. The number of rotatable bonds is 6. The van der Waals surface area contributed by atoms with Crippen LogP contribution >= 0.6 is 0 Å². The molecule has 0 aliphatic heterocycles. The highest BCUT2D eigenvalue weighted by Gasteiger charge is 2.59. The fourth-order valence-corrected chi connectivity index (χ4v) is 12.0. The molecule has 9 aromatic rings. The van der Waals surface area contributed by atoms with Crippen LogP contribution in [0.25, 0.3) is 43.4 Å². The van der Waals surface area contributed by atoms with Crippen molar-refractivity contribution in [2.45, 2.75) is 88.5 Å². The second-order valence-electron chi connectivity index (χ2n) is 21.1. The molecule has 0 atom stereocenters. The molecule has 0 saturated heterocycles. The Hall–Kier alpha value is -6.64. The van der Waals surface area contributed by atoms with Crippen LogP contribution in [0.3, 0.4) is 0 Å². The van der Waals surface area contributed by atoms with Crippen LogP contribution < -0.4 is 9.80 Å². The molecular weight excluding hydrogens is 785 g/mol. The van der Waals surface area contributed by atoms with E-state index < -0.39 is 5.41 Å². The summed E-state index contributed by atoms with van der Waals surface area (Å²) in [6.07, 6.45) is 0. The van der Waals surface area contributed by atoms with E-state index >= 15 is 0 Å². The molecule has 65 heavy (non-hydrogen) atoms. The highest BCUT2D eigenvalue weighted by atomic mass is 15.2. The molecule has 0 saturated carbocycles. The number of fused-ring (bicyclic) bond motifs is 10. The van der Waals surface area contributed by atoms with Crippen molar-refractivity contribution in [1.29, 1.82) is 0 Å². The molecule has 0 radical (unpaired) electrons. The van der Waals surface area contributed by atoms with Gasteiger partial charge in [-0.2, -0.15) is 0 Å². The lowest BCUT2D eigenvalue weighted by Crippen LogP contribution is -2.50. The molecule has 0 spiro atoms. The third kappa shape index (κ3) is 6.51. The SMILES string of the molecule is Cc1ccc(N(c2ccc3c4c(c5ccccc5c3c2)-c2c(cc(N(c3ccc(C)cc3)c3cc(C)ccc3C)c3ccccc23)C4(C(C)(C)C)C(C)(C)C)c2cc(C)ccc2C)cc1. The van der Waals surface area contributed by atoms with Gasteiger partial charge in [-0.3, -0.25) is 0 Å². The van der Waals surface area contributed by atoms with E-state index in [0.29, 0.717) is 0 Å². The van der Waals surface area contributed by atoms with E-state index in [9.17, 15) is 0 Å². The zero-order valence-electron chi connectivity index (χ0n) is 40.4. The molecule has 0 aromatic heterocycles. The van der Waals surface area contributed by atoms with Crippen molar-refractivity contribution in [3.05, 3.63) is 202 Å². The molecule has 1 aliphatic rings. The van der Waals surface area contributed by atoms with Gasteiger partial charge in [-0.05, 0) is 178 Å². The lowest BCUT2D eigenvalue weighted by Gasteiger charge is -2.53. The number of nitrogens with zero attached hydrogens (tertiary/aromatic N) is 2. The van der Waals surface area contributed by atoms with E-state index in [1.165, 1.54) is 105 Å². The molecule has 324 valence electrons. The first-order chi connectivity index (χ1) is 31.0. The average Bonchev–Trinajstić information content (AvgIpc) is 3.61. The minimum Gasteiger partial charge on any atom is -0.310 e. The van der Waals surface area contributed by atoms with E-state index in [4.69, 9.17) is 0 Å². The normalized spacial score (nSPS) is 13.4. The van der Waals surface area contributed by atoms with Gasteiger partial charge in [0.25, 0.3) is 0 Å². The number of benzene rings is 9. The predicted molar refractivity (Wildman–Crippen MR) is 282 cm³/mol. The maximum absolute atomic E-state index is 2.62. The summed E-state index contributed by atoms with van der Waals surface area (Å²) in [5.74, 6) is 0. The first-order valence-corrected chi connectivity index (χ1v) is 23.4. The fourth-order valence-electron chi connectivity index (χ4n) is 12.0. The van der Waals surface area contributed by atoms with Gasteiger partial charge >= 0.3 is 0 Å². The van der Waals surface area contributed by atoms with Crippen molar-refractivity contribution in [1.82, 2.24) is 0 Å². The van der Waals surface area contributed by atoms with E-state index in [2.05, 4.69) is 251 Å². The Morgan fingerprint density at radius 1 is 0.338 bits per heavy atom. The molecule has 0 bridgehead atoms. The van der Waals surface area contributed by atoms with Crippen molar-refractivity contribution in [2.75, 3.05) is 9.80 Å². The first kappa shape index (κ1) is 42.3. The van der Waals surface area contributed by atoms with Gasteiger partial charge in [-0.25, -0.2) is 0 Å². The van der Waals surface area contributed by atoms with Gasteiger partial charge < -0.3 is 9.80 Å². The molecule has 2 nitrogen and oxygen atoms in total. The summed E-state index contributed by atoms with van der Waals surface area (Å²) in [6.45, 7) is 28.2. The Labute approximate surface area is 387 Å². The highest BCUT2D eigenvalue weighted by Crippen LogP contribution is 2.69. The van der Waals surface area contributed by atoms with Crippen LogP contribution in [0, 0.1) is 52.4 Å². The van der Waals surface area contributed by atoms with Crippen molar-refractivity contribution in [3.63, 3.8) is 0 Å². The number of hydrogen-bond acceptors (Lipinski definition) is 2. The lowest BCUT2D eigenvalue weighted by atomic mass is 9.49. The summed E-state index contributed by atoms with van der Waals surface area (Å²) in [5, 5.41) is 7.73. The van der Waals surface area contributed by atoms with Crippen molar-refractivity contribution < 1.29 is 0 Å². The van der Waals surface area contributed by atoms with Crippen molar-refractivity contribution in [2.24, 2.45) is 10.8 Å². The summed E-state index contributed by atoms with van der Waals surface area (Å²) >= 11 is 0. The summed E-state index contributed by atoms with van der Waals surface area (Å²) in [5.41, 5.74) is 19.3. The third-order valence-corrected chi connectivity index (χ3v) is 14.6. The number of aryl methyl sites for hydroxylation is 6. The van der Waals surface area contributed by atoms with E-state index in [1.54, 1.807) is 0 Å². The van der Waals surface area contributed by atoms with E-state index in [1.807, 2.05) is 0 Å². The van der Waals surface area contributed by atoms with Crippen LogP contribution in [0.5, 0.6) is 0 Å². The van der Waals surface area contributed by atoms with Crippen LogP contribution in [0.4, 0.5) is 34.1 Å². The molecule has 1 aliphatic carbocycles. The van der Waals surface area contributed by atoms with Gasteiger partial charge in [-0.15, -0.1) is 0 Å². The fraction of sp³-hybridized carbons (Fsp3) is 0.238. The van der Waals surface area contributed by atoms with Crippen LogP contribution in [0.15, 0.2) is 158 Å². The Morgan fingerprint density at radius 3 is 1.32 bits per heavy atom.